The number of halogens is 3. The molecule has 29 heavy (non-hydrogen) atoms. The summed E-state index contributed by atoms with van der Waals surface area (Å²) >= 11 is 3.04. The van der Waals surface area contributed by atoms with Crippen molar-refractivity contribution in [2.75, 3.05) is 11.9 Å². The van der Waals surface area contributed by atoms with Crippen molar-refractivity contribution in [1.82, 2.24) is 15.0 Å². The number of thiazole rings is 2. The predicted molar refractivity (Wildman–Crippen MR) is 110 cm³/mol. The Hall–Kier alpha value is -2.56. The number of rotatable bonds is 6. The van der Waals surface area contributed by atoms with E-state index < -0.39 is 11.7 Å². The van der Waals surface area contributed by atoms with Gasteiger partial charge in [-0.15, -0.1) is 11.3 Å². The van der Waals surface area contributed by atoms with E-state index in [0.29, 0.717) is 13.0 Å². The summed E-state index contributed by atoms with van der Waals surface area (Å²) in [7, 11) is 0. The average Bonchev–Trinajstić information content (AvgIpc) is 3.33. The van der Waals surface area contributed by atoms with Crippen molar-refractivity contribution in [3.05, 3.63) is 60.0 Å². The van der Waals surface area contributed by atoms with Crippen LogP contribution in [0.3, 0.4) is 0 Å². The molecule has 150 valence electrons. The molecule has 0 saturated carbocycles. The second kappa shape index (κ2) is 8.05. The van der Waals surface area contributed by atoms with Crippen LogP contribution < -0.4 is 11.1 Å². The molecule has 4 aromatic rings. The fraction of sp³-hybridized carbons (Fsp3) is 0.211. The molecule has 3 heterocycles. The number of anilines is 1. The van der Waals surface area contributed by atoms with E-state index in [9.17, 15) is 13.2 Å². The van der Waals surface area contributed by atoms with Gasteiger partial charge in [0.15, 0.2) is 5.13 Å². The summed E-state index contributed by atoms with van der Waals surface area (Å²) in [6.07, 6.45) is 1.40. The Kier molecular flexibility index (Phi) is 5.48. The molecule has 3 aromatic heterocycles. The van der Waals surface area contributed by atoms with E-state index >= 15 is 0 Å². The minimum Gasteiger partial charge on any atom is -0.360 e. The first kappa shape index (κ1) is 19.7. The van der Waals surface area contributed by atoms with Crippen molar-refractivity contribution >= 4 is 38.0 Å². The van der Waals surface area contributed by atoms with Crippen molar-refractivity contribution in [3.8, 4) is 9.88 Å². The highest BCUT2D eigenvalue weighted by molar-refractivity contribution is 7.26. The maximum Gasteiger partial charge on any atom is 0.416 e. The van der Waals surface area contributed by atoms with Gasteiger partial charge in [-0.1, -0.05) is 23.5 Å². The number of nitrogens with zero attached hydrogens (tertiary/aromatic N) is 3. The lowest BCUT2D eigenvalue weighted by Gasteiger charge is -2.13. The summed E-state index contributed by atoms with van der Waals surface area (Å²) in [5, 5.41) is 4.80. The average molecular weight is 436 g/mol. The molecule has 0 fully saturated rings. The molecule has 0 aliphatic heterocycles. The highest BCUT2D eigenvalue weighted by Gasteiger charge is 2.29. The number of hydrogen-bond donors (Lipinski definition) is 2. The fourth-order valence-corrected chi connectivity index (χ4v) is 4.56. The summed E-state index contributed by atoms with van der Waals surface area (Å²) in [6, 6.07) is 6.70. The van der Waals surface area contributed by atoms with Crippen LogP contribution in [0.4, 0.5) is 18.3 Å². The van der Waals surface area contributed by atoms with E-state index in [1.54, 1.807) is 29.9 Å². The number of nitrogens with one attached hydrogen (secondary N) is 1. The summed E-state index contributed by atoms with van der Waals surface area (Å²) in [5.74, 6) is 0. The zero-order valence-corrected chi connectivity index (χ0v) is 16.6. The van der Waals surface area contributed by atoms with Crippen LogP contribution in [0, 0.1) is 0 Å². The topological polar surface area (TPSA) is 76.7 Å². The predicted octanol–water partition coefficient (Wildman–Crippen LogP) is 4.82. The largest absolute Gasteiger partial charge is 0.416 e. The Morgan fingerprint density at radius 2 is 1.86 bits per heavy atom. The molecule has 4 rings (SSSR count). The molecule has 0 aliphatic carbocycles. The van der Waals surface area contributed by atoms with Crippen LogP contribution in [-0.4, -0.2) is 27.5 Å². The molecule has 0 spiro atoms. The number of aromatic nitrogens is 3. The van der Waals surface area contributed by atoms with Crippen LogP contribution in [0.1, 0.15) is 11.1 Å². The first-order valence-electron chi connectivity index (χ1n) is 8.71. The van der Waals surface area contributed by atoms with Crippen molar-refractivity contribution in [2.24, 2.45) is 5.73 Å². The molecule has 3 N–H and O–H groups in total. The lowest BCUT2D eigenvalue weighted by Crippen LogP contribution is -2.31. The SMILES string of the molecule is N[C@H](CNc1ncc(-c2nc3ccncc3s2)s1)Cc1ccc(C(F)(F)F)cc1. The number of fused-ring (bicyclic) bond motifs is 1. The van der Waals surface area contributed by atoms with Gasteiger partial charge in [0.1, 0.15) is 5.01 Å². The highest BCUT2D eigenvalue weighted by Crippen LogP contribution is 2.34. The number of benzene rings is 1. The number of nitrogens with two attached hydrogens (primary N) is 1. The third kappa shape index (κ3) is 4.72. The monoisotopic (exact) mass is 435 g/mol. The van der Waals surface area contributed by atoms with Gasteiger partial charge in [-0.3, -0.25) is 4.98 Å². The molecule has 0 amide bonds. The molecule has 0 bridgehead atoms. The summed E-state index contributed by atoms with van der Waals surface area (Å²) in [6.45, 7) is 0.456. The first-order valence-corrected chi connectivity index (χ1v) is 10.3. The van der Waals surface area contributed by atoms with E-state index in [1.165, 1.54) is 23.5 Å². The van der Waals surface area contributed by atoms with Crippen molar-refractivity contribution in [1.29, 1.82) is 0 Å². The molecule has 1 aromatic carbocycles. The van der Waals surface area contributed by atoms with Crippen LogP contribution in [-0.2, 0) is 12.6 Å². The second-order valence-corrected chi connectivity index (χ2v) is 8.49. The van der Waals surface area contributed by atoms with E-state index in [0.717, 1.165) is 42.9 Å². The van der Waals surface area contributed by atoms with E-state index in [-0.39, 0.29) is 6.04 Å². The Bertz CT molecular complexity index is 1070. The molecular formula is C19H16F3N5S2. The Morgan fingerprint density at radius 1 is 1.07 bits per heavy atom. The Balaban J connectivity index is 1.34. The summed E-state index contributed by atoms with van der Waals surface area (Å²) in [5.41, 5.74) is 7.13. The van der Waals surface area contributed by atoms with E-state index in [1.807, 2.05) is 6.07 Å². The summed E-state index contributed by atoms with van der Waals surface area (Å²) in [4.78, 5) is 14.0. The molecule has 0 unspecified atom stereocenters. The third-order valence-corrected chi connectivity index (χ3v) is 6.33. The van der Waals surface area contributed by atoms with Crippen molar-refractivity contribution < 1.29 is 13.2 Å². The van der Waals surface area contributed by atoms with Gasteiger partial charge in [-0.05, 0) is 30.2 Å². The van der Waals surface area contributed by atoms with Crippen LogP contribution in [0.5, 0.6) is 0 Å². The maximum atomic E-state index is 12.6. The van der Waals surface area contributed by atoms with Crippen LogP contribution >= 0.6 is 22.7 Å². The molecule has 0 aliphatic rings. The fourth-order valence-electron chi connectivity index (χ4n) is 2.76. The second-order valence-electron chi connectivity index (χ2n) is 6.43. The molecule has 10 heteroatoms. The number of hydrogen-bond acceptors (Lipinski definition) is 7. The van der Waals surface area contributed by atoms with Gasteiger partial charge in [0.2, 0.25) is 0 Å². The first-order chi connectivity index (χ1) is 13.9. The standard InChI is InChI=1S/C19H16F3N5S2/c20-19(21,22)12-3-1-11(2-4-12)7-13(23)8-25-18-26-10-16(29-18)17-27-14-5-6-24-9-15(14)28-17/h1-6,9-10,13H,7-8,23H2,(H,25,26)/t13-/m0/s1. The molecule has 5 nitrogen and oxygen atoms in total. The zero-order chi connectivity index (χ0) is 20.4. The van der Waals surface area contributed by atoms with Gasteiger partial charge in [0, 0.05) is 25.0 Å². The van der Waals surface area contributed by atoms with E-state index in [4.69, 9.17) is 5.73 Å². The van der Waals surface area contributed by atoms with Gasteiger partial charge in [0.25, 0.3) is 0 Å². The van der Waals surface area contributed by atoms with Crippen LogP contribution in [0.25, 0.3) is 20.1 Å². The van der Waals surface area contributed by atoms with Crippen LogP contribution in [0.15, 0.2) is 48.9 Å². The Morgan fingerprint density at radius 3 is 2.59 bits per heavy atom. The van der Waals surface area contributed by atoms with Crippen molar-refractivity contribution in [2.45, 2.75) is 18.6 Å². The molecule has 1 atom stereocenters. The number of alkyl halides is 3. The highest BCUT2D eigenvalue weighted by atomic mass is 32.1. The lowest BCUT2D eigenvalue weighted by molar-refractivity contribution is -0.137. The van der Waals surface area contributed by atoms with Gasteiger partial charge in [0.05, 0.1) is 26.9 Å². The van der Waals surface area contributed by atoms with Gasteiger partial charge in [-0.2, -0.15) is 13.2 Å². The third-order valence-electron chi connectivity index (χ3n) is 4.20. The zero-order valence-electron chi connectivity index (χ0n) is 15.0. The van der Waals surface area contributed by atoms with Crippen molar-refractivity contribution in [3.63, 3.8) is 0 Å². The normalized spacial score (nSPS) is 13.0. The summed E-state index contributed by atoms with van der Waals surface area (Å²) < 4.78 is 38.9. The lowest BCUT2D eigenvalue weighted by atomic mass is 10.0. The maximum absolute atomic E-state index is 12.6. The Labute approximate surface area is 172 Å². The minimum absolute atomic E-state index is 0.257. The molecule has 0 radical (unpaired) electrons. The van der Waals surface area contributed by atoms with Gasteiger partial charge < -0.3 is 11.1 Å². The minimum atomic E-state index is -4.33. The molecular weight excluding hydrogens is 419 g/mol. The van der Waals surface area contributed by atoms with Gasteiger partial charge in [-0.25, -0.2) is 9.97 Å². The molecule has 0 saturated heterocycles. The smallest absolute Gasteiger partial charge is 0.360 e. The quantitative estimate of drug-likeness (QED) is 0.454. The number of pyridine rings is 1. The van der Waals surface area contributed by atoms with Crippen LogP contribution in [0.2, 0.25) is 0 Å². The van der Waals surface area contributed by atoms with E-state index in [2.05, 4.69) is 20.3 Å². The van der Waals surface area contributed by atoms with Gasteiger partial charge >= 0.3 is 6.18 Å².